The molecule has 15 nitrogen and oxygen atoms in total. The molecule has 0 bridgehead atoms. The molecule has 5 aromatic heterocycles. The third kappa shape index (κ3) is 9.02. The normalized spacial score (nSPS) is 14.4. The Morgan fingerprint density at radius 3 is 2.41 bits per heavy atom. The quantitative estimate of drug-likeness (QED) is 0.0787. The second-order valence-corrected chi connectivity index (χ2v) is 16.9. The number of aliphatic hydroxyl groups is 1. The molecule has 1 aliphatic rings. The number of hydrogen-bond acceptors (Lipinski definition) is 12. The van der Waals surface area contributed by atoms with E-state index in [-0.39, 0.29) is 37.2 Å². The number of aromatic nitrogens is 8. The molecule has 1 unspecified atom stereocenters. The number of nitrogens with two attached hydrogens (primary N) is 1. The standard InChI is InChI=1S/C51H54N12O3/c1-5-38(31-64)62(51-57-47(42-24-27-61(33(2)3)48(42)58-51)54-28-35-16-18-36(19-17-35)43-15-9-10-25-53-43)29-34(4)50(65)60-26-11-12-39(30-60)63-49-44(46(52)55-32-56-49)45(59-63)37-20-22-41(23-21-37)66-40-13-7-6-8-14-40/h6-10,13-25,27,32-33,38-39,64H,4-5,11-12,26,28-31H2,1-3H3,(H2,52,55,56)(H,54,57,58)/t38-,39?/m1/s1. The minimum absolute atomic E-state index is 0.115. The molecule has 66 heavy (non-hydrogen) atoms. The number of ether oxygens (including phenoxy) is 1. The molecule has 1 fully saturated rings. The van der Waals surface area contributed by atoms with Crippen molar-refractivity contribution in [3.8, 4) is 34.0 Å². The van der Waals surface area contributed by atoms with E-state index in [2.05, 4.69) is 69.5 Å². The highest BCUT2D eigenvalue weighted by Crippen LogP contribution is 2.36. The predicted octanol–water partition coefficient (Wildman–Crippen LogP) is 8.86. The SMILES string of the molecule is C=C(CN(c1nc(NCc2ccc(-c3ccccn3)cc2)c2ccn(C(C)C)c2n1)[C@H](CC)CO)C(=O)N1CCCC(n2nc(-c3ccc(Oc4ccccc4)cc3)c3c(N)ncnc32)C1. The van der Waals surface area contributed by atoms with E-state index in [0.717, 1.165) is 52.0 Å². The van der Waals surface area contributed by atoms with E-state index in [1.165, 1.54) is 6.33 Å². The molecule has 1 amide bonds. The van der Waals surface area contributed by atoms with Crippen molar-refractivity contribution in [2.75, 3.05) is 42.2 Å². The van der Waals surface area contributed by atoms with Crippen LogP contribution in [0.4, 0.5) is 17.6 Å². The fourth-order valence-electron chi connectivity index (χ4n) is 8.62. The number of amides is 1. The van der Waals surface area contributed by atoms with Crippen molar-refractivity contribution in [2.24, 2.45) is 0 Å². The highest BCUT2D eigenvalue weighted by Gasteiger charge is 2.32. The van der Waals surface area contributed by atoms with Crippen LogP contribution in [0.3, 0.4) is 0 Å². The first kappa shape index (κ1) is 43.6. The number of rotatable bonds is 16. The number of nitrogens with zero attached hydrogens (tertiary/aromatic N) is 10. The minimum Gasteiger partial charge on any atom is -0.457 e. The molecule has 6 heterocycles. The van der Waals surface area contributed by atoms with Crippen LogP contribution in [0.15, 0.2) is 134 Å². The summed E-state index contributed by atoms with van der Waals surface area (Å²) < 4.78 is 10.0. The molecule has 4 N–H and O–H groups in total. The smallest absolute Gasteiger partial charge is 0.251 e. The van der Waals surface area contributed by atoms with Crippen molar-refractivity contribution in [2.45, 2.75) is 64.7 Å². The maximum absolute atomic E-state index is 14.5. The van der Waals surface area contributed by atoms with Gasteiger partial charge in [-0.3, -0.25) is 9.78 Å². The maximum atomic E-state index is 14.5. The molecular weight excluding hydrogens is 829 g/mol. The number of fused-ring (bicyclic) bond motifs is 2. The Balaban J connectivity index is 0.953. The molecule has 0 radical (unpaired) electrons. The molecule has 2 atom stereocenters. The van der Waals surface area contributed by atoms with Gasteiger partial charge in [0.15, 0.2) is 5.65 Å². The number of aliphatic hydroxyl groups excluding tert-OH is 1. The third-order valence-electron chi connectivity index (χ3n) is 12.2. The molecule has 0 aliphatic carbocycles. The zero-order valence-electron chi connectivity index (χ0n) is 37.5. The number of piperidine rings is 1. The van der Waals surface area contributed by atoms with Crippen LogP contribution in [0.2, 0.25) is 0 Å². The van der Waals surface area contributed by atoms with Crippen LogP contribution in [0.25, 0.3) is 44.6 Å². The van der Waals surface area contributed by atoms with Crippen molar-refractivity contribution in [3.05, 3.63) is 140 Å². The molecule has 0 spiro atoms. The number of nitrogens with one attached hydrogen (secondary N) is 1. The number of carbonyl (C=O) groups excluding carboxylic acids is 1. The Morgan fingerprint density at radius 1 is 0.924 bits per heavy atom. The van der Waals surface area contributed by atoms with Gasteiger partial charge in [0.25, 0.3) is 5.91 Å². The summed E-state index contributed by atoms with van der Waals surface area (Å²) in [7, 11) is 0. The van der Waals surface area contributed by atoms with E-state index in [0.29, 0.717) is 71.7 Å². The third-order valence-corrected chi connectivity index (χ3v) is 12.2. The van der Waals surface area contributed by atoms with Gasteiger partial charge in [0.1, 0.15) is 40.8 Å². The second-order valence-electron chi connectivity index (χ2n) is 16.9. The van der Waals surface area contributed by atoms with Gasteiger partial charge >= 0.3 is 0 Å². The lowest BCUT2D eigenvalue weighted by Gasteiger charge is -2.35. The highest BCUT2D eigenvalue weighted by atomic mass is 16.5. The van der Waals surface area contributed by atoms with Crippen molar-refractivity contribution >= 4 is 45.6 Å². The molecule has 0 saturated carbocycles. The van der Waals surface area contributed by atoms with Crippen molar-refractivity contribution in [3.63, 3.8) is 0 Å². The molecule has 1 aliphatic heterocycles. The van der Waals surface area contributed by atoms with Crippen molar-refractivity contribution in [1.82, 2.24) is 44.2 Å². The summed E-state index contributed by atoms with van der Waals surface area (Å²) in [5.41, 5.74) is 12.7. The number of pyridine rings is 1. The topological polar surface area (TPSA) is 178 Å². The van der Waals surface area contributed by atoms with Gasteiger partial charge in [-0.2, -0.15) is 15.1 Å². The second kappa shape index (κ2) is 19.2. The monoisotopic (exact) mass is 882 g/mol. The minimum atomic E-state index is -0.381. The van der Waals surface area contributed by atoms with E-state index in [1.807, 2.05) is 106 Å². The molecule has 15 heteroatoms. The van der Waals surface area contributed by atoms with Crippen LogP contribution in [0.5, 0.6) is 11.5 Å². The maximum Gasteiger partial charge on any atom is 0.251 e. The van der Waals surface area contributed by atoms with Gasteiger partial charge in [-0.25, -0.2) is 14.6 Å². The van der Waals surface area contributed by atoms with Crippen molar-refractivity contribution in [1.29, 1.82) is 0 Å². The molecule has 3 aromatic carbocycles. The van der Waals surface area contributed by atoms with Crippen LogP contribution >= 0.6 is 0 Å². The summed E-state index contributed by atoms with van der Waals surface area (Å²) in [6.45, 7) is 12.0. The van der Waals surface area contributed by atoms with Gasteiger partial charge in [0.2, 0.25) is 5.95 Å². The van der Waals surface area contributed by atoms with E-state index in [1.54, 1.807) is 6.20 Å². The number of nitrogen functional groups attached to an aromatic ring is 1. The van der Waals surface area contributed by atoms with E-state index < -0.39 is 0 Å². The summed E-state index contributed by atoms with van der Waals surface area (Å²) in [6, 6.07) is 33.1. The molecular formula is C51H54N12O3. The van der Waals surface area contributed by atoms with Crippen molar-refractivity contribution < 1.29 is 14.6 Å². The van der Waals surface area contributed by atoms with Crippen LogP contribution in [-0.2, 0) is 11.3 Å². The molecule has 8 aromatic rings. The van der Waals surface area contributed by atoms with Crippen LogP contribution in [0, 0.1) is 0 Å². The molecule has 1 saturated heterocycles. The van der Waals surface area contributed by atoms with Gasteiger partial charge in [-0.1, -0.05) is 62.0 Å². The summed E-state index contributed by atoms with van der Waals surface area (Å²) >= 11 is 0. The van der Waals surface area contributed by atoms with Gasteiger partial charge in [0.05, 0.1) is 41.7 Å². The molecule has 336 valence electrons. The number of benzene rings is 3. The van der Waals surface area contributed by atoms with Crippen LogP contribution < -0.4 is 20.7 Å². The van der Waals surface area contributed by atoms with Crippen LogP contribution in [-0.4, -0.2) is 87.5 Å². The summed E-state index contributed by atoms with van der Waals surface area (Å²) in [5, 5.41) is 20.9. The predicted molar refractivity (Wildman–Crippen MR) is 259 cm³/mol. The zero-order valence-corrected chi connectivity index (χ0v) is 37.5. The first-order valence-electron chi connectivity index (χ1n) is 22.5. The average molecular weight is 883 g/mol. The van der Waals surface area contributed by atoms with E-state index >= 15 is 0 Å². The summed E-state index contributed by atoms with van der Waals surface area (Å²) in [4.78, 5) is 41.9. The number of anilines is 3. The summed E-state index contributed by atoms with van der Waals surface area (Å²) in [6.07, 6.45) is 7.38. The lowest BCUT2D eigenvalue weighted by Crippen LogP contribution is -2.45. The van der Waals surface area contributed by atoms with Gasteiger partial charge in [0, 0.05) is 54.8 Å². The van der Waals surface area contributed by atoms with Crippen LogP contribution in [0.1, 0.15) is 57.7 Å². The number of hydrogen-bond donors (Lipinski definition) is 3. The zero-order chi connectivity index (χ0) is 45.7. The average Bonchev–Trinajstić information content (AvgIpc) is 3.98. The largest absolute Gasteiger partial charge is 0.457 e. The van der Waals surface area contributed by atoms with E-state index in [4.69, 9.17) is 25.5 Å². The molecule has 9 rings (SSSR count). The lowest BCUT2D eigenvalue weighted by atomic mass is 10.0. The van der Waals surface area contributed by atoms with Gasteiger partial charge in [-0.15, -0.1) is 0 Å². The Morgan fingerprint density at radius 2 is 1.68 bits per heavy atom. The first-order chi connectivity index (χ1) is 32.2. The van der Waals surface area contributed by atoms with Gasteiger partial charge in [-0.05, 0) is 93.3 Å². The highest BCUT2D eigenvalue weighted by molar-refractivity contribution is 5.98. The van der Waals surface area contributed by atoms with Gasteiger partial charge < -0.3 is 35.3 Å². The number of carbonyl (C=O) groups is 1. The fraction of sp³-hybridized carbons (Fsp3) is 0.275. The number of para-hydroxylation sites is 1. The van der Waals surface area contributed by atoms with E-state index in [9.17, 15) is 9.90 Å². The summed E-state index contributed by atoms with van der Waals surface area (Å²) in [5.74, 6) is 2.63. The number of likely N-dealkylation sites (tertiary alicyclic amines) is 1. The Hall–Kier alpha value is -7.65. The lowest BCUT2D eigenvalue weighted by molar-refractivity contribution is -0.128. The Kier molecular flexibility index (Phi) is 12.7. The first-order valence-corrected chi connectivity index (χ1v) is 22.5. The Labute approximate surface area is 383 Å². The Bertz CT molecular complexity index is 2950. The fourth-order valence-corrected chi connectivity index (χ4v) is 8.62.